The van der Waals surface area contributed by atoms with Crippen LogP contribution < -0.4 is 0 Å². The van der Waals surface area contributed by atoms with Gasteiger partial charge in [0.1, 0.15) is 0 Å². The summed E-state index contributed by atoms with van der Waals surface area (Å²) in [5.41, 5.74) is 5.16. The highest BCUT2D eigenvalue weighted by Crippen LogP contribution is 2.48. The standard InChI is InChI=1S/C16H28Si2/c1-17(2,3)15-11-7-10-14-13(15)9-8-12-16(14)18(4,5)6/h7-8,11-12,15-16H,9-10H2,1-6H3. The summed E-state index contributed by atoms with van der Waals surface area (Å²) in [6.45, 7) is 15.1. The topological polar surface area (TPSA) is 0 Å². The number of rotatable bonds is 2. The van der Waals surface area contributed by atoms with Crippen LogP contribution in [-0.4, -0.2) is 16.1 Å². The Labute approximate surface area is 115 Å². The van der Waals surface area contributed by atoms with E-state index in [-0.39, 0.29) is 0 Å². The molecule has 2 rings (SSSR count). The molecule has 0 aromatic carbocycles. The van der Waals surface area contributed by atoms with Crippen molar-refractivity contribution in [2.45, 2.75) is 63.2 Å². The predicted molar refractivity (Wildman–Crippen MR) is 88.7 cm³/mol. The molecule has 0 aromatic rings. The first-order chi connectivity index (χ1) is 8.21. The molecule has 0 nitrogen and oxygen atoms in total. The van der Waals surface area contributed by atoms with Crippen molar-refractivity contribution >= 4 is 16.1 Å². The van der Waals surface area contributed by atoms with E-state index in [1.54, 1.807) is 11.1 Å². The van der Waals surface area contributed by atoms with Gasteiger partial charge < -0.3 is 0 Å². The highest BCUT2D eigenvalue weighted by atomic mass is 28.3. The Balaban J connectivity index is 2.40. The molecule has 18 heavy (non-hydrogen) atoms. The van der Waals surface area contributed by atoms with Crippen LogP contribution in [0.4, 0.5) is 0 Å². The van der Waals surface area contributed by atoms with Crippen molar-refractivity contribution < 1.29 is 0 Å². The average Bonchev–Trinajstić information content (AvgIpc) is 2.24. The number of allylic oxidation sites excluding steroid dienone is 6. The zero-order valence-corrected chi connectivity index (χ0v) is 14.9. The van der Waals surface area contributed by atoms with E-state index in [0.29, 0.717) is 0 Å². The molecule has 0 aromatic heterocycles. The van der Waals surface area contributed by atoms with Gasteiger partial charge in [0.25, 0.3) is 0 Å². The van der Waals surface area contributed by atoms with E-state index in [2.05, 4.69) is 63.6 Å². The van der Waals surface area contributed by atoms with Gasteiger partial charge in [-0.1, -0.05) is 74.7 Å². The molecule has 0 spiro atoms. The molecule has 0 N–H and O–H groups in total. The lowest BCUT2D eigenvalue weighted by atomic mass is 9.88. The Morgan fingerprint density at radius 2 is 1.06 bits per heavy atom. The summed E-state index contributed by atoms with van der Waals surface area (Å²) < 4.78 is 0. The first kappa shape index (κ1) is 14.1. The van der Waals surface area contributed by atoms with E-state index in [4.69, 9.17) is 0 Å². The van der Waals surface area contributed by atoms with Gasteiger partial charge >= 0.3 is 0 Å². The fraction of sp³-hybridized carbons (Fsp3) is 0.625. The summed E-state index contributed by atoms with van der Waals surface area (Å²) in [6.07, 6.45) is 12.4. The molecular weight excluding hydrogens is 248 g/mol. The van der Waals surface area contributed by atoms with E-state index in [1.165, 1.54) is 12.8 Å². The second kappa shape index (κ2) is 4.64. The Kier molecular flexibility index (Phi) is 3.63. The average molecular weight is 277 g/mol. The van der Waals surface area contributed by atoms with Crippen molar-refractivity contribution in [1.29, 1.82) is 0 Å². The van der Waals surface area contributed by atoms with Crippen LogP contribution in [0.25, 0.3) is 0 Å². The molecule has 0 bridgehead atoms. The van der Waals surface area contributed by atoms with Crippen LogP contribution in [0.2, 0.25) is 50.4 Å². The zero-order chi connectivity index (χ0) is 13.6. The lowest BCUT2D eigenvalue weighted by molar-refractivity contribution is 0.882. The molecular formula is C16H28Si2. The molecule has 0 saturated carbocycles. The molecule has 100 valence electrons. The summed E-state index contributed by atoms with van der Waals surface area (Å²) in [4.78, 5) is 0. The monoisotopic (exact) mass is 276 g/mol. The molecule has 2 heteroatoms. The third kappa shape index (κ3) is 2.64. The van der Waals surface area contributed by atoms with Crippen molar-refractivity contribution in [2.24, 2.45) is 0 Å². The molecule has 0 saturated heterocycles. The molecule has 2 unspecified atom stereocenters. The highest BCUT2D eigenvalue weighted by molar-refractivity contribution is 6.79. The Morgan fingerprint density at radius 1 is 0.722 bits per heavy atom. The van der Waals surface area contributed by atoms with Crippen LogP contribution in [0.3, 0.4) is 0 Å². The fourth-order valence-electron chi connectivity index (χ4n) is 3.43. The minimum Gasteiger partial charge on any atom is -0.0841 e. The van der Waals surface area contributed by atoms with E-state index in [0.717, 1.165) is 11.1 Å². The van der Waals surface area contributed by atoms with Gasteiger partial charge in [0, 0.05) is 0 Å². The Hall–Kier alpha value is -0.346. The Morgan fingerprint density at radius 3 is 1.33 bits per heavy atom. The van der Waals surface area contributed by atoms with Gasteiger partial charge in [-0.2, -0.15) is 0 Å². The van der Waals surface area contributed by atoms with Gasteiger partial charge in [0.15, 0.2) is 0 Å². The molecule has 0 fully saturated rings. The van der Waals surface area contributed by atoms with Gasteiger partial charge in [-0.3, -0.25) is 0 Å². The maximum Gasteiger partial charge on any atom is 0.0561 e. The van der Waals surface area contributed by atoms with E-state index in [1.807, 2.05) is 0 Å². The smallest absolute Gasteiger partial charge is 0.0561 e. The molecule has 2 atom stereocenters. The largest absolute Gasteiger partial charge is 0.0841 e. The Bertz CT molecular complexity index is 373. The van der Waals surface area contributed by atoms with Gasteiger partial charge in [-0.05, 0) is 23.9 Å². The third-order valence-corrected chi connectivity index (χ3v) is 9.18. The van der Waals surface area contributed by atoms with Crippen LogP contribution in [0.15, 0.2) is 35.5 Å². The van der Waals surface area contributed by atoms with E-state index < -0.39 is 16.1 Å². The van der Waals surface area contributed by atoms with Crippen molar-refractivity contribution in [3.8, 4) is 0 Å². The van der Waals surface area contributed by atoms with E-state index in [9.17, 15) is 0 Å². The lowest BCUT2D eigenvalue weighted by Crippen LogP contribution is -2.34. The molecule has 2 aliphatic rings. The summed E-state index contributed by atoms with van der Waals surface area (Å²) in [6, 6.07) is 0. The molecule has 0 radical (unpaired) electrons. The van der Waals surface area contributed by atoms with Gasteiger partial charge in [-0.15, -0.1) is 0 Å². The third-order valence-electron chi connectivity index (χ3n) is 4.36. The number of hydrogen-bond acceptors (Lipinski definition) is 0. The number of hydrogen-bond donors (Lipinski definition) is 0. The second-order valence-corrected chi connectivity index (χ2v) is 18.7. The lowest BCUT2D eigenvalue weighted by Gasteiger charge is -2.40. The minimum atomic E-state index is -1.12. The zero-order valence-electron chi connectivity index (χ0n) is 12.9. The summed E-state index contributed by atoms with van der Waals surface area (Å²) in [7, 11) is -2.23. The molecule has 2 aliphatic carbocycles. The normalized spacial score (nSPS) is 28.6. The first-order valence-corrected chi connectivity index (χ1v) is 14.4. The van der Waals surface area contributed by atoms with E-state index >= 15 is 0 Å². The predicted octanol–water partition coefficient (Wildman–Crippen LogP) is 5.62. The minimum absolute atomic E-state index is 0.782. The van der Waals surface area contributed by atoms with Crippen LogP contribution in [-0.2, 0) is 0 Å². The van der Waals surface area contributed by atoms with Gasteiger partial charge in [0.05, 0.1) is 16.1 Å². The summed E-state index contributed by atoms with van der Waals surface area (Å²) in [5, 5.41) is 0. The molecule has 0 aliphatic heterocycles. The summed E-state index contributed by atoms with van der Waals surface area (Å²) in [5.74, 6) is 0. The van der Waals surface area contributed by atoms with Crippen LogP contribution in [0.5, 0.6) is 0 Å². The molecule has 0 amide bonds. The summed E-state index contributed by atoms with van der Waals surface area (Å²) >= 11 is 0. The van der Waals surface area contributed by atoms with Gasteiger partial charge in [-0.25, -0.2) is 0 Å². The maximum absolute atomic E-state index is 2.52. The van der Waals surface area contributed by atoms with Crippen LogP contribution in [0.1, 0.15) is 12.8 Å². The van der Waals surface area contributed by atoms with Crippen LogP contribution >= 0.6 is 0 Å². The molecule has 0 heterocycles. The van der Waals surface area contributed by atoms with Crippen molar-refractivity contribution in [3.05, 3.63) is 35.5 Å². The fourth-order valence-corrected chi connectivity index (χ4v) is 7.56. The highest BCUT2D eigenvalue weighted by Gasteiger charge is 2.37. The quantitative estimate of drug-likeness (QED) is 0.453. The maximum atomic E-state index is 2.52. The first-order valence-electron chi connectivity index (χ1n) is 7.26. The van der Waals surface area contributed by atoms with Crippen molar-refractivity contribution in [2.75, 3.05) is 0 Å². The van der Waals surface area contributed by atoms with Crippen molar-refractivity contribution in [3.63, 3.8) is 0 Å². The van der Waals surface area contributed by atoms with Gasteiger partial charge in [0.2, 0.25) is 0 Å². The second-order valence-electron chi connectivity index (χ2n) is 8.00. The SMILES string of the molecule is C[Si](C)(C)C1C=CCC2=C1CC=CC2[Si](C)(C)C. The van der Waals surface area contributed by atoms with Crippen LogP contribution in [0, 0.1) is 0 Å². The van der Waals surface area contributed by atoms with Crippen molar-refractivity contribution in [1.82, 2.24) is 0 Å².